The zero-order chi connectivity index (χ0) is 17.2. The van der Waals surface area contributed by atoms with E-state index in [0.29, 0.717) is 10.7 Å². The van der Waals surface area contributed by atoms with Crippen molar-refractivity contribution in [2.75, 3.05) is 11.1 Å². The fourth-order valence-electron chi connectivity index (χ4n) is 2.57. The number of hydrogen-bond donors (Lipinski definition) is 2. The molecule has 2 heterocycles. The Morgan fingerprint density at radius 1 is 1.38 bits per heavy atom. The lowest BCUT2D eigenvalue weighted by atomic mass is 9.89. The van der Waals surface area contributed by atoms with Crippen LogP contribution in [0.2, 0.25) is 0 Å². The van der Waals surface area contributed by atoms with Crippen LogP contribution in [0.15, 0.2) is 52.2 Å². The largest absolute Gasteiger partial charge is 0.379 e. The molecular weight excluding hydrogens is 388 g/mol. The Bertz CT molecular complexity index is 811. The fourth-order valence-corrected chi connectivity index (χ4v) is 3.91. The SMILES string of the molecule is CC1(c2cccc(NC(=O)c3cncc(Br)c3)c2)CCSC(N)=N1. The predicted octanol–water partition coefficient (Wildman–Crippen LogP) is 3.76. The number of nitrogens with one attached hydrogen (secondary N) is 1. The molecular formula is C17H17BrN4OS. The Morgan fingerprint density at radius 3 is 2.96 bits per heavy atom. The summed E-state index contributed by atoms with van der Waals surface area (Å²) in [6, 6.07) is 9.49. The number of aliphatic imine (C=N–C) groups is 1. The number of nitrogens with two attached hydrogens (primary N) is 1. The normalized spacial score (nSPS) is 20.3. The van der Waals surface area contributed by atoms with Gasteiger partial charge in [0.05, 0.1) is 11.1 Å². The van der Waals surface area contributed by atoms with Crippen LogP contribution in [0.3, 0.4) is 0 Å². The van der Waals surface area contributed by atoms with Gasteiger partial charge in [-0.1, -0.05) is 23.9 Å². The third-order valence-electron chi connectivity index (χ3n) is 3.91. The fraction of sp³-hybridized carbons (Fsp3) is 0.235. The lowest BCUT2D eigenvalue weighted by Crippen LogP contribution is -2.28. The van der Waals surface area contributed by atoms with Crippen molar-refractivity contribution >= 4 is 44.5 Å². The van der Waals surface area contributed by atoms with E-state index in [2.05, 4.69) is 38.1 Å². The second kappa shape index (κ2) is 6.94. The van der Waals surface area contributed by atoms with Crippen molar-refractivity contribution in [1.29, 1.82) is 0 Å². The molecule has 0 spiro atoms. The van der Waals surface area contributed by atoms with Gasteiger partial charge in [-0.25, -0.2) is 0 Å². The highest BCUT2D eigenvalue weighted by molar-refractivity contribution is 9.10. The molecule has 0 saturated heterocycles. The molecule has 1 amide bonds. The molecule has 24 heavy (non-hydrogen) atoms. The van der Waals surface area contributed by atoms with Crippen molar-refractivity contribution in [2.24, 2.45) is 10.7 Å². The van der Waals surface area contributed by atoms with E-state index in [0.717, 1.165) is 27.9 Å². The van der Waals surface area contributed by atoms with Crippen LogP contribution in [-0.4, -0.2) is 21.8 Å². The quantitative estimate of drug-likeness (QED) is 0.815. The van der Waals surface area contributed by atoms with E-state index >= 15 is 0 Å². The molecule has 3 rings (SSSR count). The van der Waals surface area contributed by atoms with E-state index in [1.54, 1.807) is 24.0 Å². The van der Waals surface area contributed by atoms with Gasteiger partial charge in [0.1, 0.15) is 0 Å². The van der Waals surface area contributed by atoms with Gasteiger partial charge in [-0.15, -0.1) is 0 Å². The van der Waals surface area contributed by atoms with Gasteiger partial charge in [-0.3, -0.25) is 14.8 Å². The molecule has 3 N–H and O–H groups in total. The molecule has 0 saturated carbocycles. The highest BCUT2D eigenvalue weighted by Crippen LogP contribution is 2.35. The minimum atomic E-state index is -0.354. The van der Waals surface area contributed by atoms with E-state index in [1.807, 2.05) is 24.3 Å². The van der Waals surface area contributed by atoms with Gasteiger partial charge in [0.15, 0.2) is 5.17 Å². The Morgan fingerprint density at radius 2 is 2.21 bits per heavy atom. The number of carbonyl (C=O) groups is 1. The maximum absolute atomic E-state index is 12.4. The number of aromatic nitrogens is 1. The molecule has 124 valence electrons. The predicted molar refractivity (Wildman–Crippen MR) is 102 cm³/mol. The van der Waals surface area contributed by atoms with Crippen molar-refractivity contribution < 1.29 is 4.79 Å². The highest BCUT2D eigenvalue weighted by atomic mass is 79.9. The van der Waals surface area contributed by atoms with E-state index in [1.165, 1.54) is 6.20 Å². The molecule has 7 heteroatoms. The number of rotatable bonds is 3. The number of halogens is 1. The summed E-state index contributed by atoms with van der Waals surface area (Å²) >= 11 is 4.90. The molecule has 0 bridgehead atoms. The lowest BCUT2D eigenvalue weighted by molar-refractivity contribution is 0.102. The summed E-state index contributed by atoms with van der Waals surface area (Å²) in [7, 11) is 0. The molecule has 0 aliphatic carbocycles. The van der Waals surface area contributed by atoms with Crippen LogP contribution in [0.1, 0.15) is 29.3 Å². The molecule has 0 radical (unpaired) electrons. The zero-order valence-electron chi connectivity index (χ0n) is 13.1. The van der Waals surface area contributed by atoms with Gasteiger partial charge in [0.2, 0.25) is 0 Å². The molecule has 1 aliphatic heterocycles. The van der Waals surface area contributed by atoms with E-state index in [-0.39, 0.29) is 11.4 Å². The lowest BCUT2D eigenvalue weighted by Gasteiger charge is -2.30. The molecule has 1 unspecified atom stereocenters. The summed E-state index contributed by atoms with van der Waals surface area (Å²) < 4.78 is 0.765. The first kappa shape index (κ1) is 17.0. The van der Waals surface area contributed by atoms with Crippen LogP contribution in [0.5, 0.6) is 0 Å². The van der Waals surface area contributed by atoms with E-state index in [4.69, 9.17) is 5.73 Å². The number of benzene rings is 1. The topological polar surface area (TPSA) is 80.4 Å². The van der Waals surface area contributed by atoms with E-state index in [9.17, 15) is 4.79 Å². The second-order valence-electron chi connectivity index (χ2n) is 5.75. The number of anilines is 1. The van der Waals surface area contributed by atoms with E-state index < -0.39 is 0 Å². The Balaban J connectivity index is 1.83. The van der Waals surface area contributed by atoms with Crippen LogP contribution in [0, 0.1) is 0 Å². The summed E-state index contributed by atoms with van der Waals surface area (Å²) in [5.41, 5.74) is 7.80. The molecule has 1 aliphatic rings. The molecule has 1 atom stereocenters. The molecule has 1 aromatic heterocycles. The molecule has 0 fully saturated rings. The number of pyridine rings is 1. The summed E-state index contributed by atoms with van der Waals surface area (Å²) in [6.07, 6.45) is 4.08. The number of hydrogen-bond acceptors (Lipinski definition) is 5. The van der Waals surface area contributed by atoms with Gasteiger partial charge in [-0.05, 0) is 53.0 Å². The standard InChI is InChI=1S/C17H17BrN4OS/c1-17(5-6-24-16(19)22-17)12-3-2-4-14(8-12)21-15(23)11-7-13(18)10-20-9-11/h2-4,7-10H,5-6H2,1H3,(H2,19,22)(H,21,23). The summed E-state index contributed by atoms with van der Waals surface area (Å²) in [5.74, 6) is 0.736. The molecule has 1 aromatic carbocycles. The van der Waals surface area contributed by atoms with Crippen LogP contribution in [0.4, 0.5) is 5.69 Å². The third kappa shape index (κ3) is 3.79. The Hall–Kier alpha value is -1.86. The Labute approximate surface area is 153 Å². The molecule has 5 nitrogen and oxygen atoms in total. The average Bonchev–Trinajstić information content (AvgIpc) is 2.55. The summed E-state index contributed by atoms with van der Waals surface area (Å²) in [5, 5.41) is 3.52. The summed E-state index contributed by atoms with van der Waals surface area (Å²) in [4.78, 5) is 21.0. The average molecular weight is 405 g/mol. The minimum absolute atomic E-state index is 0.201. The van der Waals surface area contributed by atoms with Gasteiger partial charge in [0, 0.05) is 28.3 Å². The van der Waals surface area contributed by atoms with Crippen molar-refractivity contribution in [1.82, 2.24) is 4.98 Å². The third-order valence-corrected chi connectivity index (χ3v) is 5.13. The molecule has 2 aromatic rings. The maximum Gasteiger partial charge on any atom is 0.257 e. The smallest absolute Gasteiger partial charge is 0.257 e. The Kier molecular flexibility index (Phi) is 4.91. The maximum atomic E-state index is 12.4. The number of carbonyl (C=O) groups excluding carboxylic acids is 1. The first-order valence-corrected chi connectivity index (χ1v) is 9.25. The number of thioether (sulfide) groups is 1. The van der Waals surface area contributed by atoms with Gasteiger partial charge in [-0.2, -0.15) is 0 Å². The van der Waals surface area contributed by atoms with Crippen molar-refractivity contribution in [3.8, 4) is 0 Å². The number of amidine groups is 1. The summed E-state index contributed by atoms with van der Waals surface area (Å²) in [6.45, 7) is 2.07. The van der Waals surface area contributed by atoms with Gasteiger partial charge >= 0.3 is 0 Å². The first-order chi connectivity index (χ1) is 11.5. The second-order valence-corrected chi connectivity index (χ2v) is 7.78. The monoisotopic (exact) mass is 404 g/mol. The number of amides is 1. The van der Waals surface area contributed by atoms with Crippen molar-refractivity contribution in [3.63, 3.8) is 0 Å². The highest BCUT2D eigenvalue weighted by Gasteiger charge is 2.29. The van der Waals surface area contributed by atoms with Crippen molar-refractivity contribution in [2.45, 2.75) is 18.9 Å². The minimum Gasteiger partial charge on any atom is -0.379 e. The van der Waals surface area contributed by atoms with Crippen LogP contribution in [-0.2, 0) is 5.54 Å². The first-order valence-electron chi connectivity index (χ1n) is 7.47. The van der Waals surface area contributed by atoms with Crippen LogP contribution in [0.25, 0.3) is 0 Å². The van der Waals surface area contributed by atoms with Gasteiger partial charge in [0.25, 0.3) is 5.91 Å². The van der Waals surface area contributed by atoms with Crippen molar-refractivity contribution in [3.05, 3.63) is 58.3 Å². The van der Waals surface area contributed by atoms with Gasteiger partial charge < -0.3 is 11.1 Å². The zero-order valence-corrected chi connectivity index (χ0v) is 15.5. The number of nitrogens with zero attached hydrogens (tertiary/aromatic N) is 2. The van der Waals surface area contributed by atoms with Crippen LogP contribution < -0.4 is 11.1 Å². The van der Waals surface area contributed by atoms with Crippen LogP contribution >= 0.6 is 27.7 Å².